The van der Waals surface area contributed by atoms with Crippen LogP contribution in [-0.2, 0) is 11.3 Å². The first-order chi connectivity index (χ1) is 11.6. The van der Waals surface area contributed by atoms with Crippen molar-refractivity contribution in [2.45, 2.75) is 25.6 Å². The van der Waals surface area contributed by atoms with Crippen molar-refractivity contribution < 1.29 is 9.90 Å². The van der Waals surface area contributed by atoms with Crippen LogP contribution < -0.4 is 0 Å². The number of para-hydroxylation sites is 1. The Balaban J connectivity index is 1.39. The van der Waals surface area contributed by atoms with Gasteiger partial charge in [-0.2, -0.15) is 5.10 Å². The number of fused-ring (bicyclic) bond motifs is 1. The van der Waals surface area contributed by atoms with Crippen molar-refractivity contribution in [1.29, 1.82) is 0 Å². The third-order valence-electron chi connectivity index (χ3n) is 4.38. The molecule has 1 aliphatic rings. The van der Waals surface area contributed by atoms with Crippen molar-refractivity contribution in [3.63, 3.8) is 0 Å². The lowest BCUT2D eigenvalue weighted by atomic mass is 10.1. The largest absolute Gasteiger partial charge is 0.387 e. The first kappa shape index (κ1) is 14.8. The number of aliphatic hydroxyl groups is 1. The fourth-order valence-electron chi connectivity index (χ4n) is 2.87. The van der Waals surface area contributed by atoms with Gasteiger partial charge in [-0.3, -0.25) is 9.48 Å². The highest BCUT2D eigenvalue weighted by molar-refractivity contribution is 5.82. The molecule has 8 nitrogen and oxygen atoms in total. The monoisotopic (exact) mass is 326 g/mol. The summed E-state index contributed by atoms with van der Waals surface area (Å²) in [5, 5.41) is 22.8. The Morgan fingerprint density at radius 1 is 1.38 bits per heavy atom. The fourth-order valence-corrected chi connectivity index (χ4v) is 2.87. The lowest BCUT2D eigenvalue weighted by Gasteiger charge is -2.38. The van der Waals surface area contributed by atoms with Crippen LogP contribution in [0.5, 0.6) is 0 Å². The van der Waals surface area contributed by atoms with Gasteiger partial charge in [0.25, 0.3) is 0 Å². The first-order valence-corrected chi connectivity index (χ1v) is 7.90. The molecular formula is C16H18N6O2. The molecule has 124 valence electrons. The second-order valence-electron chi connectivity index (χ2n) is 6.11. The molecule has 1 saturated heterocycles. The molecule has 0 aliphatic carbocycles. The van der Waals surface area contributed by atoms with Crippen LogP contribution in [0.3, 0.4) is 0 Å². The van der Waals surface area contributed by atoms with Gasteiger partial charge in [0.2, 0.25) is 5.91 Å². The van der Waals surface area contributed by atoms with E-state index in [1.807, 2.05) is 24.3 Å². The van der Waals surface area contributed by atoms with E-state index in [4.69, 9.17) is 0 Å². The number of hydrogen-bond acceptors (Lipinski definition) is 5. The number of benzene rings is 1. The Bertz CT molecular complexity index is 877. The Hall–Kier alpha value is -2.74. The summed E-state index contributed by atoms with van der Waals surface area (Å²) in [6.45, 7) is 3.08. The van der Waals surface area contributed by atoms with Crippen molar-refractivity contribution in [3.05, 3.63) is 42.4 Å². The molecule has 8 heteroatoms. The highest BCUT2D eigenvalue weighted by atomic mass is 16.3. The maximum Gasteiger partial charge on any atom is 0.244 e. The minimum atomic E-state index is -0.635. The van der Waals surface area contributed by atoms with E-state index < -0.39 is 6.10 Å². The molecule has 0 saturated carbocycles. The van der Waals surface area contributed by atoms with Gasteiger partial charge in [-0.05, 0) is 13.0 Å². The van der Waals surface area contributed by atoms with Crippen molar-refractivity contribution in [1.82, 2.24) is 29.7 Å². The third kappa shape index (κ3) is 2.54. The predicted octanol–water partition coefficient (Wildman–Crippen LogP) is 0.765. The molecule has 1 aliphatic heterocycles. The molecule has 1 aromatic carbocycles. The van der Waals surface area contributed by atoms with Gasteiger partial charge in [-0.25, -0.2) is 4.68 Å². The quantitative estimate of drug-likeness (QED) is 0.765. The molecule has 4 rings (SSSR count). The average Bonchev–Trinajstić information content (AvgIpc) is 3.14. The van der Waals surface area contributed by atoms with Crippen LogP contribution in [0.2, 0.25) is 0 Å². The Kier molecular flexibility index (Phi) is 3.53. The summed E-state index contributed by atoms with van der Waals surface area (Å²) in [6.07, 6.45) is 2.87. The summed E-state index contributed by atoms with van der Waals surface area (Å²) < 4.78 is 3.45. The van der Waals surface area contributed by atoms with Crippen LogP contribution in [0.4, 0.5) is 0 Å². The zero-order valence-electron chi connectivity index (χ0n) is 13.3. The van der Waals surface area contributed by atoms with Crippen LogP contribution in [0.1, 0.15) is 24.8 Å². The standard InChI is InChI=1S/C16H18N6O2/c1-11(23)14-9-21(19-18-14)13-7-20(8-13)16(24)10-22-15-5-3-2-4-12(15)6-17-22/h2-6,9,11,13,23H,7-8,10H2,1H3. The maximum atomic E-state index is 12.4. The predicted molar refractivity (Wildman–Crippen MR) is 86.0 cm³/mol. The highest BCUT2D eigenvalue weighted by Gasteiger charge is 2.33. The number of carbonyl (C=O) groups is 1. The van der Waals surface area contributed by atoms with Crippen LogP contribution in [-0.4, -0.2) is 53.8 Å². The summed E-state index contributed by atoms with van der Waals surface area (Å²) in [7, 11) is 0. The molecule has 1 N–H and O–H groups in total. The SMILES string of the molecule is CC(O)c1cn(C2CN(C(=O)Cn3ncc4ccccc43)C2)nn1. The molecule has 2 aromatic heterocycles. The van der Waals surface area contributed by atoms with Gasteiger partial charge in [-0.1, -0.05) is 23.4 Å². The summed E-state index contributed by atoms with van der Waals surface area (Å²) >= 11 is 0. The number of nitrogens with zero attached hydrogens (tertiary/aromatic N) is 6. The topological polar surface area (TPSA) is 89.1 Å². The van der Waals surface area contributed by atoms with Gasteiger partial charge in [0.15, 0.2) is 0 Å². The lowest BCUT2D eigenvalue weighted by molar-refractivity contribution is -0.138. The molecule has 3 aromatic rings. The van der Waals surface area contributed by atoms with Gasteiger partial charge in [0.1, 0.15) is 12.2 Å². The van der Waals surface area contributed by atoms with Gasteiger partial charge in [0, 0.05) is 18.5 Å². The van der Waals surface area contributed by atoms with Gasteiger partial charge in [-0.15, -0.1) is 5.10 Å². The Morgan fingerprint density at radius 2 is 2.17 bits per heavy atom. The second-order valence-corrected chi connectivity index (χ2v) is 6.11. The van der Waals surface area contributed by atoms with E-state index in [2.05, 4.69) is 15.4 Å². The maximum absolute atomic E-state index is 12.4. The minimum Gasteiger partial charge on any atom is -0.387 e. The van der Waals surface area contributed by atoms with Crippen LogP contribution >= 0.6 is 0 Å². The summed E-state index contributed by atoms with van der Waals surface area (Å²) in [5.41, 5.74) is 1.50. The molecule has 1 amide bonds. The number of carbonyl (C=O) groups excluding carboxylic acids is 1. The van der Waals surface area contributed by atoms with Gasteiger partial charge < -0.3 is 10.0 Å². The fraction of sp³-hybridized carbons (Fsp3) is 0.375. The van der Waals surface area contributed by atoms with E-state index in [1.165, 1.54) is 0 Å². The highest BCUT2D eigenvalue weighted by Crippen LogP contribution is 2.22. The smallest absolute Gasteiger partial charge is 0.244 e. The molecule has 1 atom stereocenters. The van der Waals surface area contributed by atoms with Gasteiger partial charge >= 0.3 is 0 Å². The van der Waals surface area contributed by atoms with Crippen LogP contribution in [0.15, 0.2) is 36.7 Å². The van der Waals surface area contributed by atoms with Gasteiger partial charge in [0.05, 0.1) is 30.1 Å². The van der Waals surface area contributed by atoms with E-state index in [0.29, 0.717) is 18.8 Å². The number of amides is 1. The van der Waals surface area contributed by atoms with E-state index in [9.17, 15) is 9.90 Å². The van der Waals surface area contributed by atoms with E-state index in [-0.39, 0.29) is 18.5 Å². The summed E-state index contributed by atoms with van der Waals surface area (Å²) in [6, 6.07) is 7.95. The second kappa shape index (κ2) is 5.72. The summed E-state index contributed by atoms with van der Waals surface area (Å²) in [4.78, 5) is 14.2. The molecule has 1 fully saturated rings. The molecule has 0 bridgehead atoms. The van der Waals surface area contributed by atoms with Crippen LogP contribution in [0.25, 0.3) is 10.9 Å². The number of aliphatic hydroxyl groups excluding tert-OH is 1. The molecule has 1 unspecified atom stereocenters. The van der Waals surface area contributed by atoms with E-state index >= 15 is 0 Å². The number of likely N-dealkylation sites (tertiary alicyclic amines) is 1. The van der Waals surface area contributed by atoms with Crippen molar-refractivity contribution in [2.75, 3.05) is 13.1 Å². The Morgan fingerprint density at radius 3 is 2.92 bits per heavy atom. The number of rotatable bonds is 4. The van der Waals surface area contributed by atoms with E-state index in [1.54, 1.807) is 33.6 Å². The zero-order valence-corrected chi connectivity index (χ0v) is 13.3. The molecular weight excluding hydrogens is 308 g/mol. The number of aromatic nitrogens is 5. The Labute approximate surface area is 138 Å². The van der Waals surface area contributed by atoms with Crippen molar-refractivity contribution in [3.8, 4) is 0 Å². The third-order valence-corrected chi connectivity index (χ3v) is 4.38. The average molecular weight is 326 g/mol. The first-order valence-electron chi connectivity index (χ1n) is 7.90. The lowest BCUT2D eigenvalue weighted by Crippen LogP contribution is -2.51. The molecule has 0 spiro atoms. The zero-order chi connectivity index (χ0) is 16.7. The normalized spacial score (nSPS) is 16.3. The molecule has 24 heavy (non-hydrogen) atoms. The van der Waals surface area contributed by atoms with E-state index in [0.717, 1.165) is 10.9 Å². The van der Waals surface area contributed by atoms with Crippen molar-refractivity contribution >= 4 is 16.8 Å². The van der Waals surface area contributed by atoms with Crippen LogP contribution in [0, 0.1) is 0 Å². The van der Waals surface area contributed by atoms with Crippen molar-refractivity contribution in [2.24, 2.45) is 0 Å². The number of hydrogen-bond donors (Lipinski definition) is 1. The summed E-state index contributed by atoms with van der Waals surface area (Å²) in [5.74, 6) is 0.0379. The molecule has 3 heterocycles. The molecule has 0 radical (unpaired) electrons. The minimum absolute atomic E-state index is 0.0379.